The van der Waals surface area contributed by atoms with E-state index in [1.807, 2.05) is 0 Å². The van der Waals surface area contributed by atoms with Gasteiger partial charge in [-0.1, -0.05) is 51.3 Å². The zero-order valence-corrected chi connectivity index (χ0v) is 16.1. The van der Waals surface area contributed by atoms with Gasteiger partial charge < -0.3 is 5.32 Å². The minimum Gasteiger partial charge on any atom is -0.355 e. The highest BCUT2D eigenvalue weighted by atomic mass is 32.2. The first kappa shape index (κ1) is 21.6. The number of amides is 1. The highest BCUT2D eigenvalue weighted by molar-refractivity contribution is 7.88. The molecule has 5 nitrogen and oxygen atoms in total. The Morgan fingerprint density at radius 3 is 2.52 bits per heavy atom. The van der Waals surface area contributed by atoms with E-state index < -0.39 is 15.8 Å². The van der Waals surface area contributed by atoms with E-state index in [2.05, 4.69) is 19.2 Å². The summed E-state index contributed by atoms with van der Waals surface area (Å²) < 4.78 is 38.6. The summed E-state index contributed by atoms with van der Waals surface area (Å²) in [6.07, 6.45) is 5.24. The fourth-order valence-corrected chi connectivity index (χ4v) is 3.25. The van der Waals surface area contributed by atoms with Crippen molar-refractivity contribution in [3.05, 3.63) is 35.6 Å². The molecule has 0 saturated carbocycles. The number of hydrogen-bond acceptors (Lipinski definition) is 3. The van der Waals surface area contributed by atoms with Gasteiger partial charge in [0.1, 0.15) is 5.82 Å². The number of carbonyl (C=O) groups excluding carboxylic acids is 1. The summed E-state index contributed by atoms with van der Waals surface area (Å²) in [6.45, 7) is 4.27. The van der Waals surface area contributed by atoms with Crippen LogP contribution in [0.4, 0.5) is 4.39 Å². The van der Waals surface area contributed by atoms with Gasteiger partial charge in [0.15, 0.2) is 0 Å². The Morgan fingerprint density at radius 1 is 1.28 bits per heavy atom. The minimum atomic E-state index is -3.63. The molecular formula is C18H29FN2O3S. The van der Waals surface area contributed by atoms with E-state index in [9.17, 15) is 17.6 Å². The Hall–Kier alpha value is -1.47. The second-order valence-electron chi connectivity index (χ2n) is 6.34. The lowest BCUT2D eigenvalue weighted by Crippen LogP contribution is -2.41. The second kappa shape index (κ2) is 10.5. The number of rotatable bonds is 11. The topological polar surface area (TPSA) is 66.5 Å². The summed E-state index contributed by atoms with van der Waals surface area (Å²) in [6, 6.07) is 5.97. The van der Waals surface area contributed by atoms with Crippen LogP contribution in [-0.4, -0.2) is 38.0 Å². The van der Waals surface area contributed by atoms with Crippen molar-refractivity contribution in [1.82, 2.24) is 9.62 Å². The maximum atomic E-state index is 13.8. The Morgan fingerprint density at radius 2 is 1.96 bits per heavy atom. The summed E-state index contributed by atoms with van der Waals surface area (Å²) in [5, 5.41) is 2.81. The summed E-state index contributed by atoms with van der Waals surface area (Å²) in [7, 11) is -3.63. The highest BCUT2D eigenvalue weighted by Crippen LogP contribution is 2.13. The zero-order valence-electron chi connectivity index (χ0n) is 15.3. The van der Waals surface area contributed by atoms with E-state index in [0.717, 1.165) is 36.2 Å². The van der Waals surface area contributed by atoms with Crippen LogP contribution in [0.15, 0.2) is 24.3 Å². The number of carbonyl (C=O) groups is 1. The molecule has 0 aliphatic rings. The molecule has 0 saturated heterocycles. The van der Waals surface area contributed by atoms with E-state index in [1.165, 1.54) is 18.2 Å². The maximum Gasteiger partial charge on any atom is 0.235 e. The van der Waals surface area contributed by atoms with Gasteiger partial charge in [0.25, 0.3) is 0 Å². The molecule has 1 amide bonds. The Labute approximate surface area is 150 Å². The number of benzene rings is 1. The maximum absolute atomic E-state index is 13.8. The monoisotopic (exact) mass is 372 g/mol. The van der Waals surface area contributed by atoms with Gasteiger partial charge in [-0.2, -0.15) is 4.31 Å². The molecule has 1 N–H and O–H groups in total. The van der Waals surface area contributed by atoms with Gasteiger partial charge in [-0.05, 0) is 18.4 Å². The van der Waals surface area contributed by atoms with Crippen LogP contribution >= 0.6 is 0 Å². The number of nitrogens with zero attached hydrogens (tertiary/aromatic N) is 1. The first-order valence-corrected chi connectivity index (χ1v) is 10.6. The van der Waals surface area contributed by atoms with Crippen LogP contribution in [0.1, 0.15) is 45.1 Å². The second-order valence-corrected chi connectivity index (χ2v) is 8.33. The van der Waals surface area contributed by atoms with Crippen molar-refractivity contribution in [2.45, 2.75) is 46.1 Å². The third-order valence-electron chi connectivity index (χ3n) is 4.22. The molecule has 25 heavy (non-hydrogen) atoms. The lowest BCUT2D eigenvalue weighted by atomic mass is 9.99. The first-order valence-electron chi connectivity index (χ1n) is 8.73. The predicted molar refractivity (Wildman–Crippen MR) is 98.0 cm³/mol. The van der Waals surface area contributed by atoms with E-state index in [1.54, 1.807) is 6.07 Å². The van der Waals surface area contributed by atoms with Gasteiger partial charge >= 0.3 is 0 Å². The van der Waals surface area contributed by atoms with Crippen LogP contribution in [0.2, 0.25) is 0 Å². The minimum absolute atomic E-state index is 0.161. The molecule has 0 radical (unpaired) electrons. The van der Waals surface area contributed by atoms with Crippen LogP contribution in [0.3, 0.4) is 0 Å². The summed E-state index contributed by atoms with van der Waals surface area (Å²) in [5.74, 6) is -0.457. The van der Waals surface area contributed by atoms with Crippen molar-refractivity contribution >= 4 is 15.9 Å². The molecule has 7 heteroatoms. The van der Waals surface area contributed by atoms with Crippen molar-refractivity contribution in [3.63, 3.8) is 0 Å². The predicted octanol–water partition coefficient (Wildman–Crippen LogP) is 2.92. The zero-order chi connectivity index (χ0) is 18.9. The molecule has 0 fully saturated rings. The molecule has 0 aromatic heterocycles. The molecule has 1 rings (SSSR count). The fourth-order valence-electron chi connectivity index (χ4n) is 2.52. The number of halogens is 1. The number of sulfonamides is 1. The van der Waals surface area contributed by atoms with Gasteiger partial charge in [0.05, 0.1) is 12.8 Å². The lowest BCUT2D eigenvalue weighted by Gasteiger charge is -2.21. The van der Waals surface area contributed by atoms with Crippen LogP contribution in [-0.2, 0) is 21.4 Å². The van der Waals surface area contributed by atoms with Crippen molar-refractivity contribution in [1.29, 1.82) is 0 Å². The van der Waals surface area contributed by atoms with Crippen molar-refractivity contribution in [2.24, 2.45) is 5.92 Å². The van der Waals surface area contributed by atoms with Gasteiger partial charge in [0, 0.05) is 18.7 Å². The van der Waals surface area contributed by atoms with Crippen molar-refractivity contribution < 1.29 is 17.6 Å². The lowest BCUT2D eigenvalue weighted by molar-refractivity contribution is -0.121. The Balaban J connectivity index is 2.66. The number of nitrogens with one attached hydrogen (secondary N) is 1. The van der Waals surface area contributed by atoms with Crippen molar-refractivity contribution in [2.75, 3.05) is 19.3 Å². The van der Waals surface area contributed by atoms with Gasteiger partial charge in [-0.15, -0.1) is 0 Å². The van der Waals surface area contributed by atoms with Gasteiger partial charge in [-0.3, -0.25) is 4.79 Å². The average molecular weight is 373 g/mol. The Kier molecular flexibility index (Phi) is 9.06. The third kappa shape index (κ3) is 7.96. The molecule has 1 atom stereocenters. The molecule has 0 spiro atoms. The molecule has 0 aliphatic heterocycles. The Bertz CT molecular complexity index is 649. The first-order chi connectivity index (χ1) is 11.8. The van der Waals surface area contributed by atoms with Crippen molar-refractivity contribution in [3.8, 4) is 0 Å². The van der Waals surface area contributed by atoms with Gasteiger partial charge in [0.2, 0.25) is 15.9 Å². The van der Waals surface area contributed by atoms with Crippen LogP contribution < -0.4 is 5.32 Å². The van der Waals surface area contributed by atoms with Crippen LogP contribution in [0.25, 0.3) is 0 Å². The largest absolute Gasteiger partial charge is 0.355 e. The molecule has 1 aromatic carbocycles. The number of unbranched alkanes of at least 4 members (excludes halogenated alkanes) is 1. The number of hydrogen-bond donors (Lipinski definition) is 1. The molecule has 0 aliphatic carbocycles. The van der Waals surface area contributed by atoms with Crippen LogP contribution in [0, 0.1) is 11.7 Å². The molecule has 0 bridgehead atoms. The smallest absolute Gasteiger partial charge is 0.235 e. The standard InChI is InChI=1S/C18H29FN2O3S/c1-4-6-9-15(5-2)12-20-18(22)14-21(25(3,23)24)13-16-10-7-8-11-17(16)19/h7-8,10-11,15H,4-6,9,12-14H2,1-3H3,(H,20,22)/t15-/m0/s1. The quantitative estimate of drug-likeness (QED) is 0.649. The van der Waals surface area contributed by atoms with Gasteiger partial charge in [-0.25, -0.2) is 12.8 Å². The summed E-state index contributed by atoms with van der Waals surface area (Å²) >= 11 is 0. The van der Waals surface area contributed by atoms with E-state index in [4.69, 9.17) is 0 Å². The average Bonchev–Trinajstić information content (AvgIpc) is 2.55. The fraction of sp³-hybridized carbons (Fsp3) is 0.611. The third-order valence-corrected chi connectivity index (χ3v) is 5.42. The highest BCUT2D eigenvalue weighted by Gasteiger charge is 2.22. The van der Waals surface area contributed by atoms with Crippen LogP contribution in [0.5, 0.6) is 0 Å². The molecular weight excluding hydrogens is 343 g/mol. The van der Waals surface area contributed by atoms with E-state index in [0.29, 0.717) is 12.5 Å². The SMILES string of the molecule is CCCC[C@H](CC)CNC(=O)CN(Cc1ccccc1F)S(C)(=O)=O. The summed E-state index contributed by atoms with van der Waals surface area (Å²) in [5.41, 5.74) is 0.245. The normalized spacial score (nSPS) is 13.0. The molecule has 0 unspecified atom stereocenters. The van der Waals surface area contributed by atoms with E-state index in [-0.39, 0.29) is 24.6 Å². The van der Waals surface area contributed by atoms with E-state index >= 15 is 0 Å². The molecule has 0 heterocycles. The molecule has 142 valence electrons. The summed E-state index contributed by atoms with van der Waals surface area (Å²) in [4.78, 5) is 12.2. The molecule has 1 aromatic rings.